The molecule has 2 fully saturated rings. The van der Waals surface area contributed by atoms with Crippen LogP contribution in [0.5, 0.6) is 0 Å². The Labute approximate surface area is 130 Å². The molecular formula is C16H23N5O. The van der Waals surface area contributed by atoms with Gasteiger partial charge in [0.15, 0.2) is 5.82 Å². The molecule has 2 aromatic rings. The van der Waals surface area contributed by atoms with Gasteiger partial charge in [-0.3, -0.25) is 4.90 Å². The van der Waals surface area contributed by atoms with E-state index in [1.807, 2.05) is 23.8 Å². The van der Waals surface area contributed by atoms with E-state index in [4.69, 9.17) is 4.74 Å². The van der Waals surface area contributed by atoms with Crippen molar-refractivity contribution in [1.82, 2.24) is 19.5 Å². The predicted molar refractivity (Wildman–Crippen MR) is 85.3 cm³/mol. The normalized spacial score (nSPS) is 26.9. The lowest BCUT2D eigenvalue weighted by molar-refractivity contribution is 0.0134. The van der Waals surface area contributed by atoms with Crippen molar-refractivity contribution in [1.29, 1.82) is 0 Å². The Morgan fingerprint density at radius 2 is 2.05 bits per heavy atom. The number of ether oxygens (including phenoxy) is 1. The summed E-state index contributed by atoms with van der Waals surface area (Å²) in [5.74, 6) is 1.70. The van der Waals surface area contributed by atoms with Crippen molar-refractivity contribution >= 4 is 11.3 Å². The smallest absolute Gasteiger partial charge is 0.154 e. The first kappa shape index (κ1) is 14.0. The summed E-state index contributed by atoms with van der Waals surface area (Å²) >= 11 is 0. The van der Waals surface area contributed by atoms with Gasteiger partial charge >= 0.3 is 0 Å². The van der Waals surface area contributed by atoms with Crippen molar-refractivity contribution in [3.63, 3.8) is 0 Å². The number of hydrogen-bond acceptors (Lipinski definition) is 5. The molecule has 0 saturated carbocycles. The zero-order chi connectivity index (χ0) is 15.1. The molecule has 0 amide bonds. The first-order valence-corrected chi connectivity index (χ1v) is 8.10. The number of hydrogen-bond donors (Lipinski definition) is 0. The molecule has 4 rings (SSSR count). The standard InChI is InChI=1S/C16H23N5O/c1-12-10-20(11-15(12)19-5-7-22-8-6-19)16-14-9-13(2)18-21(14)4-3-17-16/h3-4,9,12,15H,5-8,10-11H2,1-2H3. The quantitative estimate of drug-likeness (QED) is 0.834. The Morgan fingerprint density at radius 1 is 1.23 bits per heavy atom. The van der Waals surface area contributed by atoms with Crippen molar-refractivity contribution in [3.05, 3.63) is 24.2 Å². The fourth-order valence-corrected chi connectivity index (χ4v) is 3.78. The highest BCUT2D eigenvalue weighted by Crippen LogP contribution is 2.29. The molecule has 0 N–H and O–H groups in total. The third-order valence-corrected chi connectivity index (χ3v) is 4.88. The Bertz CT molecular complexity index is 664. The average molecular weight is 301 g/mol. The van der Waals surface area contributed by atoms with Crippen LogP contribution >= 0.6 is 0 Å². The van der Waals surface area contributed by atoms with Gasteiger partial charge in [0, 0.05) is 44.6 Å². The maximum absolute atomic E-state index is 5.49. The Morgan fingerprint density at radius 3 is 2.86 bits per heavy atom. The summed E-state index contributed by atoms with van der Waals surface area (Å²) in [4.78, 5) is 9.64. The molecule has 2 unspecified atom stereocenters. The number of morpholine rings is 1. The van der Waals surface area contributed by atoms with Crippen molar-refractivity contribution in [3.8, 4) is 0 Å². The lowest BCUT2D eigenvalue weighted by atomic mass is 10.0. The minimum Gasteiger partial charge on any atom is -0.379 e. The predicted octanol–water partition coefficient (Wildman–Crippen LogP) is 1.19. The average Bonchev–Trinajstić information content (AvgIpc) is 3.09. The molecule has 2 aliphatic heterocycles. The van der Waals surface area contributed by atoms with E-state index in [1.165, 1.54) is 0 Å². The van der Waals surface area contributed by atoms with Crippen molar-refractivity contribution in [2.75, 3.05) is 44.3 Å². The van der Waals surface area contributed by atoms with E-state index in [9.17, 15) is 0 Å². The highest BCUT2D eigenvalue weighted by molar-refractivity contribution is 5.69. The van der Waals surface area contributed by atoms with Crippen molar-refractivity contribution in [2.24, 2.45) is 5.92 Å². The number of nitrogens with zero attached hydrogens (tertiary/aromatic N) is 5. The van der Waals surface area contributed by atoms with Gasteiger partial charge in [-0.05, 0) is 18.9 Å². The molecule has 118 valence electrons. The van der Waals surface area contributed by atoms with E-state index in [-0.39, 0.29) is 0 Å². The van der Waals surface area contributed by atoms with Crippen LogP contribution in [0, 0.1) is 12.8 Å². The Balaban J connectivity index is 1.60. The fraction of sp³-hybridized carbons (Fsp3) is 0.625. The van der Waals surface area contributed by atoms with Crippen LogP contribution < -0.4 is 4.90 Å². The molecule has 0 bridgehead atoms. The van der Waals surface area contributed by atoms with Crippen molar-refractivity contribution in [2.45, 2.75) is 19.9 Å². The Kier molecular flexibility index (Phi) is 3.50. The van der Waals surface area contributed by atoms with Crippen LogP contribution in [0.4, 0.5) is 5.82 Å². The fourth-order valence-electron chi connectivity index (χ4n) is 3.78. The second-order valence-electron chi connectivity index (χ2n) is 6.46. The van der Waals surface area contributed by atoms with Gasteiger partial charge in [-0.25, -0.2) is 9.50 Å². The first-order chi connectivity index (χ1) is 10.7. The Hall–Kier alpha value is -1.66. The molecule has 2 saturated heterocycles. The summed E-state index contributed by atoms with van der Waals surface area (Å²) in [7, 11) is 0. The summed E-state index contributed by atoms with van der Waals surface area (Å²) in [5.41, 5.74) is 2.14. The van der Waals surface area contributed by atoms with Crippen LogP contribution in [0.3, 0.4) is 0 Å². The molecule has 0 spiro atoms. The van der Waals surface area contributed by atoms with Crippen LogP contribution in [0.25, 0.3) is 5.52 Å². The summed E-state index contributed by atoms with van der Waals surface area (Å²) < 4.78 is 7.42. The van der Waals surface area contributed by atoms with E-state index < -0.39 is 0 Å². The monoisotopic (exact) mass is 301 g/mol. The molecule has 0 aromatic carbocycles. The van der Waals surface area contributed by atoms with E-state index in [1.54, 1.807) is 0 Å². The molecule has 6 heteroatoms. The van der Waals surface area contributed by atoms with Crippen LogP contribution in [0.2, 0.25) is 0 Å². The number of aromatic nitrogens is 3. The van der Waals surface area contributed by atoms with E-state index >= 15 is 0 Å². The van der Waals surface area contributed by atoms with Crippen LogP contribution in [-0.4, -0.2) is 64.9 Å². The maximum atomic E-state index is 5.49. The van der Waals surface area contributed by atoms with E-state index in [0.717, 1.165) is 56.4 Å². The minimum absolute atomic E-state index is 0.593. The molecule has 6 nitrogen and oxygen atoms in total. The highest BCUT2D eigenvalue weighted by Gasteiger charge is 2.35. The zero-order valence-corrected chi connectivity index (χ0v) is 13.3. The summed E-state index contributed by atoms with van der Waals surface area (Å²) in [6, 6.07) is 2.71. The molecule has 4 heterocycles. The maximum Gasteiger partial charge on any atom is 0.154 e. The molecular weight excluding hydrogens is 278 g/mol. The van der Waals surface area contributed by atoms with Gasteiger partial charge in [0.05, 0.1) is 18.9 Å². The molecule has 22 heavy (non-hydrogen) atoms. The van der Waals surface area contributed by atoms with Gasteiger partial charge in [-0.1, -0.05) is 6.92 Å². The molecule has 0 radical (unpaired) electrons. The highest BCUT2D eigenvalue weighted by atomic mass is 16.5. The lowest BCUT2D eigenvalue weighted by Crippen LogP contribution is -2.46. The third kappa shape index (κ3) is 2.36. The topological polar surface area (TPSA) is 45.9 Å². The number of aryl methyl sites for hydroxylation is 1. The van der Waals surface area contributed by atoms with Gasteiger partial charge in [0.1, 0.15) is 5.52 Å². The summed E-state index contributed by atoms with van der Waals surface area (Å²) in [6.07, 6.45) is 3.77. The number of fused-ring (bicyclic) bond motifs is 1. The minimum atomic E-state index is 0.593. The number of rotatable bonds is 2. The SMILES string of the molecule is Cc1cc2c(N3CC(C)C(N4CCOCC4)C3)nccn2n1. The third-order valence-electron chi connectivity index (χ3n) is 4.88. The van der Waals surface area contributed by atoms with Gasteiger partial charge < -0.3 is 9.64 Å². The van der Waals surface area contributed by atoms with Crippen LogP contribution in [0.1, 0.15) is 12.6 Å². The van der Waals surface area contributed by atoms with Crippen molar-refractivity contribution < 1.29 is 4.74 Å². The largest absolute Gasteiger partial charge is 0.379 e. The first-order valence-electron chi connectivity index (χ1n) is 8.10. The molecule has 0 aliphatic carbocycles. The van der Waals surface area contributed by atoms with E-state index in [0.29, 0.717) is 12.0 Å². The zero-order valence-electron chi connectivity index (χ0n) is 13.3. The molecule has 2 atom stereocenters. The van der Waals surface area contributed by atoms with Gasteiger partial charge in [0.2, 0.25) is 0 Å². The number of anilines is 1. The van der Waals surface area contributed by atoms with E-state index in [2.05, 4.69) is 32.9 Å². The van der Waals surface area contributed by atoms with Crippen LogP contribution in [0.15, 0.2) is 18.5 Å². The lowest BCUT2D eigenvalue weighted by Gasteiger charge is -2.34. The van der Waals surface area contributed by atoms with Gasteiger partial charge in [-0.15, -0.1) is 0 Å². The summed E-state index contributed by atoms with van der Waals surface area (Å²) in [5, 5.41) is 4.50. The second kappa shape index (κ2) is 5.52. The van der Waals surface area contributed by atoms with Gasteiger partial charge in [-0.2, -0.15) is 5.10 Å². The second-order valence-corrected chi connectivity index (χ2v) is 6.46. The molecule has 2 aliphatic rings. The van der Waals surface area contributed by atoms with Gasteiger partial charge in [0.25, 0.3) is 0 Å². The molecule has 2 aromatic heterocycles. The summed E-state index contributed by atoms with van der Waals surface area (Å²) in [6.45, 7) is 10.3. The van der Waals surface area contributed by atoms with Crippen LogP contribution in [-0.2, 0) is 4.74 Å².